The highest BCUT2D eigenvalue weighted by atomic mass is 16.6. The van der Waals surface area contributed by atoms with Gasteiger partial charge in [0.15, 0.2) is 11.5 Å². The highest BCUT2D eigenvalue weighted by Crippen LogP contribution is 2.31. The molecule has 1 aromatic rings. The molecule has 0 aliphatic heterocycles. The fourth-order valence-corrected chi connectivity index (χ4v) is 3.81. The van der Waals surface area contributed by atoms with E-state index in [0.717, 1.165) is 5.56 Å². The van der Waals surface area contributed by atoms with Crippen molar-refractivity contribution in [3.05, 3.63) is 23.8 Å². The van der Waals surface area contributed by atoms with Crippen molar-refractivity contribution in [2.45, 2.75) is 85.0 Å². The summed E-state index contributed by atoms with van der Waals surface area (Å²) in [7, 11) is 1.62. The van der Waals surface area contributed by atoms with Gasteiger partial charge in [-0.25, -0.2) is 4.79 Å². The summed E-state index contributed by atoms with van der Waals surface area (Å²) in [5.74, 6) is -1.10. The first-order valence-electron chi connectivity index (χ1n) is 12.6. The van der Waals surface area contributed by atoms with Gasteiger partial charge >= 0.3 is 12.1 Å². The minimum atomic E-state index is -1.07. The number of alkyl carbamates (subject to hydrolysis) is 1. The molecule has 0 heterocycles. The van der Waals surface area contributed by atoms with Crippen LogP contribution in [0.5, 0.6) is 11.5 Å². The Kier molecular flexibility index (Phi) is 13.0. The van der Waals surface area contributed by atoms with Crippen molar-refractivity contribution in [3.63, 3.8) is 0 Å². The molecule has 0 spiro atoms. The topological polar surface area (TPSA) is 135 Å². The molecule has 9 nitrogen and oxygen atoms in total. The molecule has 1 aromatic carbocycles. The van der Waals surface area contributed by atoms with Gasteiger partial charge in [-0.2, -0.15) is 0 Å². The zero-order valence-electron chi connectivity index (χ0n) is 22.7. The molecule has 0 aromatic heterocycles. The van der Waals surface area contributed by atoms with Crippen LogP contribution >= 0.6 is 0 Å². The second-order valence-corrected chi connectivity index (χ2v) is 10.7. The Labute approximate surface area is 215 Å². The molecule has 4 N–H and O–H groups in total. The number of amides is 1. The summed E-state index contributed by atoms with van der Waals surface area (Å²) in [4.78, 5) is 23.9. The van der Waals surface area contributed by atoms with Gasteiger partial charge in [0, 0.05) is 20.1 Å². The minimum Gasteiger partial charge on any atom is -0.504 e. The number of phenolic OH excluding ortho intramolecular Hbond substituents is 1. The molecule has 1 rings (SSSR count). The van der Waals surface area contributed by atoms with E-state index >= 15 is 0 Å². The van der Waals surface area contributed by atoms with Crippen molar-refractivity contribution in [1.29, 1.82) is 0 Å². The lowest BCUT2D eigenvalue weighted by Crippen LogP contribution is -2.47. The number of aliphatic hydroxyl groups excluding tert-OH is 1. The number of hydrogen-bond donors (Lipinski definition) is 4. The molecule has 1 amide bonds. The summed E-state index contributed by atoms with van der Waals surface area (Å²) in [6, 6.07) is 4.52. The van der Waals surface area contributed by atoms with E-state index in [1.807, 2.05) is 6.07 Å². The lowest BCUT2D eigenvalue weighted by atomic mass is 9.82. The third-order valence-electron chi connectivity index (χ3n) is 5.96. The van der Waals surface area contributed by atoms with E-state index in [1.165, 1.54) is 6.92 Å². The van der Waals surface area contributed by atoms with Crippen LogP contribution in [0.25, 0.3) is 0 Å². The SMILES string of the molecule is COCCCOc1cc(C[C@@H](C[C@H](NC(=O)OC(C)(C)C)[C@@H](O)C[C@@H](C)C(=O)O)C(C)C)ccc1O. The molecule has 0 aliphatic rings. The van der Waals surface area contributed by atoms with E-state index in [4.69, 9.17) is 14.2 Å². The van der Waals surface area contributed by atoms with Crippen molar-refractivity contribution in [1.82, 2.24) is 5.32 Å². The maximum atomic E-state index is 12.5. The number of carboxylic acids is 1. The number of ether oxygens (including phenoxy) is 3. The van der Waals surface area contributed by atoms with E-state index in [1.54, 1.807) is 40.0 Å². The van der Waals surface area contributed by atoms with Crippen molar-refractivity contribution in [2.24, 2.45) is 17.8 Å². The predicted molar refractivity (Wildman–Crippen MR) is 137 cm³/mol. The third-order valence-corrected chi connectivity index (χ3v) is 5.96. The number of aromatic hydroxyl groups is 1. The fourth-order valence-electron chi connectivity index (χ4n) is 3.81. The zero-order chi connectivity index (χ0) is 27.5. The highest BCUT2D eigenvalue weighted by Gasteiger charge is 2.31. The maximum Gasteiger partial charge on any atom is 0.407 e. The Morgan fingerprint density at radius 3 is 2.31 bits per heavy atom. The van der Waals surface area contributed by atoms with Crippen LogP contribution in [0.3, 0.4) is 0 Å². The van der Waals surface area contributed by atoms with E-state index in [2.05, 4.69) is 19.2 Å². The molecular formula is C27H45NO8. The summed E-state index contributed by atoms with van der Waals surface area (Å²) >= 11 is 0. The van der Waals surface area contributed by atoms with Gasteiger partial charge in [0.2, 0.25) is 0 Å². The average Bonchev–Trinajstić information content (AvgIpc) is 2.75. The number of rotatable bonds is 15. The summed E-state index contributed by atoms with van der Waals surface area (Å²) in [6.45, 7) is 11.9. The maximum absolute atomic E-state index is 12.5. The molecule has 0 saturated carbocycles. The normalized spacial score (nSPS) is 15.1. The van der Waals surface area contributed by atoms with Crippen LogP contribution in [-0.4, -0.2) is 65.5 Å². The predicted octanol–water partition coefficient (Wildman–Crippen LogP) is 4.38. The van der Waals surface area contributed by atoms with Gasteiger partial charge in [0.05, 0.1) is 24.7 Å². The monoisotopic (exact) mass is 511 g/mol. The number of hydrogen-bond acceptors (Lipinski definition) is 7. The van der Waals surface area contributed by atoms with Crippen molar-refractivity contribution < 1.29 is 39.1 Å². The van der Waals surface area contributed by atoms with Crippen LogP contribution in [0, 0.1) is 17.8 Å². The standard InChI is InChI=1S/C27H45NO8/c1-17(2)20(14-19-9-10-22(29)24(15-19)35-12-8-11-34-7)16-21(23(30)13-18(3)25(31)32)28-26(33)36-27(4,5)6/h9-10,15,17-18,20-21,23,29-30H,8,11-14,16H2,1-7H3,(H,28,33)(H,31,32)/t18-,20+,21+,23+/m1/s1. The molecule has 0 radical (unpaired) electrons. The van der Waals surface area contributed by atoms with Gasteiger partial charge in [-0.15, -0.1) is 0 Å². The lowest BCUT2D eigenvalue weighted by Gasteiger charge is -2.32. The number of phenols is 1. The quantitative estimate of drug-likeness (QED) is 0.255. The van der Waals surface area contributed by atoms with Crippen molar-refractivity contribution in [2.75, 3.05) is 20.3 Å². The average molecular weight is 512 g/mol. The van der Waals surface area contributed by atoms with Gasteiger partial charge in [-0.05, 0) is 69.6 Å². The first-order valence-corrected chi connectivity index (χ1v) is 12.6. The van der Waals surface area contributed by atoms with Crippen LogP contribution < -0.4 is 10.1 Å². The van der Waals surface area contributed by atoms with E-state index in [-0.39, 0.29) is 24.0 Å². The van der Waals surface area contributed by atoms with E-state index < -0.39 is 35.7 Å². The molecule has 0 aliphatic carbocycles. The number of methoxy groups -OCH3 is 1. The Morgan fingerprint density at radius 1 is 1.08 bits per heavy atom. The second kappa shape index (κ2) is 14.9. The number of nitrogens with one attached hydrogen (secondary N) is 1. The van der Waals surface area contributed by atoms with Crippen molar-refractivity contribution in [3.8, 4) is 11.5 Å². The molecule has 0 unspecified atom stereocenters. The van der Waals surface area contributed by atoms with Gasteiger partial charge in [-0.3, -0.25) is 4.79 Å². The van der Waals surface area contributed by atoms with Crippen LogP contribution in [-0.2, 0) is 20.7 Å². The van der Waals surface area contributed by atoms with Gasteiger partial charge in [0.25, 0.3) is 0 Å². The first kappa shape index (κ1) is 31.5. The third kappa shape index (κ3) is 11.9. The summed E-state index contributed by atoms with van der Waals surface area (Å²) in [5.41, 5.74) is 0.231. The molecule has 206 valence electrons. The largest absolute Gasteiger partial charge is 0.504 e. The van der Waals surface area contributed by atoms with Crippen LogP contribution in [0.1, 0.15) is 66.4 Å². The van der Waals surface area contributed by atoms with Crippen LogP contribution in [0.2, 0.25) is 0 Å². The van der Waals surface area contributed by atoms with Crippen LogP contribution in [0.4, 0.5) is 4.79 Å². The van der Waals surface area contributed by atoms with E-state index in [9.17, 15) is 24.9 Å². The molecule has 0 bridgehead atoms. The molecule has 0 fully saturated rings. The number of benzene rings is 1. The number of carbonyl (C=O) groups is 2. The Bertz CT molecular complexity index is 820. The minimum absolute atomic E-state index is 0.000709. The number of aliphatic hydroxyl groups is 1. The molecule has 0 saturated heterocycles. The zero-order valence-corrected chi connectivity index (χ0v) is 22.7. The number of aliphatic carboxylic acids is 1. The van der Waals surface area contributed by atoms with Gasteiger partial charge in [0.1, 0.15) is 5.60 Å². The van der Waals surface area contributed by atoms with Crippen LogP contribution in [0.15, 0.2) is 18.2 Å². The second-order valence-electron chi connectivity index (χ2n) is 10.7. The Balaban J connectivity index is 3.05. The molecule has 9 heteroatoms. The molecule has 36 heavy (non-hydrogen) atoms. The molecular weight excluding hydrogens is 466 g/mol. The van der Waals surface area contributed by atoms with Gasteiger partial charge < -0.3 is 34.8 Å². The fraction of sp³-hybridized carbons (Fsp3) is 0.704. The number of carboxylic acid groups (broad SMARTS) is 1. The Morgan fingerprint density at radius 2 is 1.75 bits per heavy atom. The smallest absolute Gasteiger partial charge is 0.407 e. The summed E-state index contributed by atoms with van der Waals surface area (Å²) in [6.07, 6.45) is -0.00787. The first-order chi connectivity index (χ1) is 16.7. The molecule has 4 atom stereocenters. The van der Waals surface area contributed by atoms with Crippen molar-refractivity contribution >= 4 is 12.1 Å². The van der Waals surface area contributed by atoms with E-state index in [0.29, 0.717) is 38.2 Å². The van der Waals surface area contributed by atoms with Gasteiger partial charge in [-0.1, -0.05) is 26.8 Å². The summed E-state index contributed by atoms with van der Waals surface area (Å²) in [5, 5.41) is 33.1. The lowest BCUT2D eigenvalue weighted by molar-refractivity contribution is -0.142. The number of carbonyl (C=O) groups excluding carboxylic acids is 1. The summed E-state index contributed by atoms with van der Waals surface area (Å²) < 4.78 is 16.1. The highest BCUT2D eigenvalue weighted by molar-refractivity contribution is 5.70. The Hall–Kier alpha value is -2.52.